The number of ether oxygens (including phenoxy) is 1. The Morgan fingerprint density at radius 2 is 2.00 bits per heavy atom. The standard InChI is InChI=1S/C19H28N2O4/c1-14-9-8-12-20(14)17(23)21(19(3,4)15(2)22)18(24)25-13-16-10-6-5-7-11-16/h5-7,10-11,14-15,22H,8-9,12-13H2,1-4H3/t14-,15?/m1/s1. The highest BCUT2D eigenvalue weighted by molar-refractivity contribution is 5.92. The predicted molar refractivity (Wildman–Crippen MR) is 95.0 cm³/mol. The number of rotatable bonds is 4. The van der Waals surface area contributed by atoms with Gasteiger partial charge < -0.3 is 14.7 Å². The quantitative estimate of drug-likeness (QED) is 0.905. The summed E-state index contributed by atoms with van der Waals surface area (Å²) in [6.07, 6.45) is 0.195. The SMILES string of the molecule is CC(O)C(C)(C)N(C(=O)OCc1ccccc1)C(=O)N1CCC[C@H]1C. The van der Waals surface area contributed by atoms with Gasteiger partial charge >= 0.3 is 12.1 Å². The molecule has 1 saturated heterocycles. The number of amides is 3. The van der Waals surface area contributed by atoms with Crippen LogP contribution in [0.1, 0.15) is 46.1 Å². The van der Waals surface area contributed by atoms with E-state index in [9.17, 15) is 14.7 Å². The van der Waals surface area contributed by atoms with Crippen molar-refractivity contribution in [2.45, 2.75) is 64.8 Å². The molecule has 138 valence electrons. The van der Waals surface area contributed by atoms with Gasteiger partial charge in [0.05, 0.1) is 11.6 Å². The summed E-state index contributed by atoms with van der Waals surface area (Å²) in [4.78, 5) is 28.4. The number of nitrogens with zero attached hydrogens (tertiary/aromatic N) is 2. The Hall–Kier alpha value is -2.08. The van der Waals surface area contributed by atoms with E-state index < -0.39 is 23.8 Å². The fourth-order valence-corrected chi connectivity index (χ4v) is 2.88. The van der Waals surface area contributed by atoms with Gasteiger partial charge in [-0.25, -0.2) is 14.5 Å². The largest absolute Gasteiger partial charge is 0.444 e. The molecular formula is C19H28N2O4. The van der Waals surface area contributed by atoms with E-state index in [0.717, 1.165) is 23.3 Å². The number of urea groups is 1. The van der Waals surface area contributed by atoms with Crippen LogP contribution in [0.3, 0.4) is 0 Å². The molecule has 3 amide bonds. The summed E-state index contributed by atoms with van der Waals surface area (Å²) in [7, 11) is 0. The summed E-state index contributed by atoms with van der Waals surface area (Å²) in [6, 6.07) is 8.96. The molecule has 0 spiro atoms. The highest BCUT2D eigenvalue weighted by atomic mass is 16.6. The molecule has 1 heterocycles. The number of benzene rings is 1. The van der Waals surface area contributed by atoms with Crippen LogP contribution in [0.4, 0.5) is 9.59 Å². The van der Waals surface area contributed by atoms with Crippen LogP contribution < -0.4 is 0 Å². The first-order valence-electron chi connectivity index (χ1n) is 8.74. The van der Waals surface area contributed by atoms with Gasteiger partial charge in [0.1, 0.15) is 6.61 Å². The smallest absolute Gasteiger partial charge is 0.418 e. The maximum Gasteiger partial charge on any atom is 0.418 e. The van der Waals surface area contributed by atoms with Gasteiger partial charge in [-0.2, -0.15) is 0 Å². The number of hydrogen-bond acceptors (Lipinski definition) is 4. The molecule has 1 fully saturated rings. The third-order valence-electron chi connectivity index (χ3n) is 4.98. The number of carbonyl (C=O) groups is 2. The zero-order valence-electron chi connectivity index (χ0n) is 15.4. The third kappa shape index (κ3) is 4.31. The van der Waals surface area contributed by atoms with Crippen molar-refractivity contribution < 1.29 is 19.4 Å². The number of aliphatic hydroxyl groups is 1. The van der Waals surface area contributed by atoms with Crippen molar-refractivity contribution >= 4 is 12.1 Å². The van der Waals surface area contributed by atoms with Crippen molar-refractivity contribution in [1.82, 2.24) is 9.80 Å². The maximum atomic E-state index is 13.0. The van der Waals surface area contributed by atoms with Crippen LogP contribution in [-0.4, -0.2) is 51.3 Å². The summed E-state index contributed by atoms with van der Waals surface area (Å²) in [6.45, 7) is 7.55. The molecule has 2 atom stereocenters. The van der Waals surface area contributed by atoms with Gasteiger partial charge in [-0.15, -0.1) is 0 Å². The number of aliphatic hydroxyl groups excluding tert-OH is 1. The van der Waals surface area contributed by atoms with Crippen LogP contribution in [0.5, 0.6) is 0 Å². The van der Waals surface area contributed by atoms with Crippen molar-refractivity contribution in [3.8, 4) is 0 Å². The predicted octanol–water partition coefficient (Wildman–Crippen LogP) is 3.39. The highest BCUT2D eigenvalue weighted by Crippen LogP contribution is 2.26. The van der Waals surface area contributed by atoms with Crippen LogP contribution in [0.2, 0.25) is 0 Å². The first-order valence-corrected chi connectivity index (χ1v) is 8.74. The minimum absolute atomic E-state index is 0.0710. The topological polar surface area (TPSA) is 70.1 Å². The molecule has 6 heteroatoms. The Morgan fingerprint density at radius 3 is 2.52 bits per heavy atom. The molecule has 6 nitrogen and oxygen atoms in total. The van der Waals surface area contributed by atoms with Crippen molar-refractivity contribution in [2.75, 3.05) is 6.54 Å². The summed E-state index contributed by atoms with van der Waals surface area (Å²) in [5.74, 6) is 0. The molecule has 1 aliphatic heterocycles. The normalized spacial score (nSPS) is 18.8. The zero-order valence-corrected chi connectivity index (χ0v) is 15.4. The molecule has 0 radical (unpaired) electrons. The van der Waals surface area contributed by atoms with E-state index in [0.29, 0.717) is 6.54 Å². The Balaban J connectivity index is 2.18. The number of imide groups is 1. The molecular weight excluding hydrogens is 320 g/mol. The maximum absolute atomic E-state index is 13.0. The lowest BCUT2D eigenvalue weighted by Crippen LogP contribution is -2.60. The second kappa shape index (κ2) is 7.87. The molecule has 1 aliphatic rings. The summed E-state index contributed by atoms with van der Waals surface area (Å²) < 4.78 is 5.37. The van der Waals surface area contributed by atoms with E-state index in [1.807, 2.05) is 37.3 Å². The fraction of sp³-hybridized carbons (Fsp3) is 0.579. The first-order chi connectivity index (χ1) is 11.7. The van der Waals surface area contributed by atoms with Gasteiger partial charge in [-0.05, 0) is 46.1 Å². The van der Waals surface area contributed by atoms with E-state index >= 15 is 0 Å². The second-order valence-electron chi connectivity index (χ2n) is 7.17. The van der Waals surface area contributed by atoms with Crippen molar-refractivity contribution in [2.24, 2.45) is 0 Å². The fourth-order valence-electron chi connectivity index (χ4n) is 2.88. The van der Waals surface area contributed by atoms with Crippen molar-refractivity contribution in [3.05, 3.63) is 35.9 Å². The average molecular weight is 348 g/mol. The van der Waals surface area contributed by atoms with Crippen LogP contribution in [0, 0.1) is 0 Å². The molecule has 0 aromatic heterocycles. The molecule has 1 unspecified atom stereocenters. The lowest BCUT2D eigenvalue weighted by Gasteiger charge is -2.40. The summed E-state index contributed by atoms with van der Waals surface area (Å²) >= 11 is 0. The summed E-state index contributed by atoms with van der Waals surface area (Å²) in [5, 5.41) is 10.1. The zero-order chi connectivity index (χ0) is 18.6. The lowest BCUT2D eigenvalue weighted by molar-refractivity contribution is 0.00515. The van der Waals surface area contributed by atoms with E-state index in [1.165, 1.54) is 0 Å². The monoisotopic (exact) mass is 348 g/mol. The average Bonchev–Trinajstić information content (AvgIpc) is 2.99. The Morgan fingerprint density at radius 1 is 1.36 bits per heavy atom. The van der Waals surface area contributed by atoms with Gasteiger partial charge in [0, 0.05) is 12.6 Å². The number of likely N-dealkylation sites (tertiary alicyclic amines) is 1. The van der Waals surface area contributed by atoms with E-state index in [4.69, 9.17) is 4.74 Å². The van der Waals surface area contributed by atoms with Crippen LogP contribution in [0.15, 0.2) is 30.3 Å². The van der Waals surface area contributed by atoms with Crippen LogP contribution in [-0.2, 0) is 11.3 Å². The van der Waals surface area contributed by atoms with Crippen LogP contribution in [0.25, 0.3) is 0 Å². The Labute approximate surface area is 149 Å². The van der Waals surface area contributed by atoms with Gasteiger partial charge in [0.25, 0.3) is 0 Å². The highest BCUT2D eigenvalue weighted by Gasteiger charge is 2.44. The molecule has 0 saturated carbocycles. The molecule has 25 heavy (non-hydrogen) atoms. The molecule has 1 N–H and O–H groups in total. The van der Waals surface area contributed by atoms with Gasteiger partial charge in [0.15, 0.2) is 0 Å². The molecule has 1 aromatic carbocycles. The molecule has 2 rings (SSSR count). The van der Waals surface area contributed by atoms with Crippen molar-refractivity contribution in [1.29, 1.82) is 0 Å². The Kier molecular flexibility index (Phi) is 6.06. The number of hydrogen-bond donors (Lipinski definition) is 1. The minimum atomic E-state index is -1.08. The molecule has 1 aromatic rings. The van der Waals surface area contributed by atoms with E-state index in [1.54, 1.807) is 25.7 Å². The third-order valence-corrected chi connectivity index (χ3v) is 4.98. The van der Waals surface area contributed by atoms with Gasteiger partial charge in [-0.3, -0.25) is 0 Å². The summed E-state index contributed by atoms with van der Waals surface area (Å²) in [5.41, 5.74) is -0.236. The molecule has 0 aliphatic carbocycles. The van der Waals surface area contributed by atoms with Gasteiger partial charge in [0.2, 0.25) is 0 Å². The van der Waals surface area contributed by atoms with E-state index in [2.05, 4.69) is 0 Å². The molecule has 0 bridgehead atoms. The van der Waals surface area contributed by atoms with Crippen LogP contribution >= 0.6 is 0 Å². The van der Waals surface area contributed by atoms with Crippen molar-refractivity contribution in [3.63, 3.8) is 0 Å². The second-order valence-corrected chi connectivity index (χ2v) is 7.17. The first kappa shape index (κ1) is 19.2. The van der Waals surface area contributed by atoms with E-state index in [-0.39, 0.29) is 12.6 Å². The lowest BCUT2D eigenvalue weighted by atomic mass is 9.97. The Bertz CT molecular complexity index is 601. The van der Waals surface area contributed by atoms with Gasteiger partial charge in [-0.1, -0.05) is 30.3 Å². The number of carbonyl (C=O) groups excluding carboxylic acids is 2. The minimum Gasteiger partial charge on any atom is -0.444 e.